The Morgan fingerprint density at radius 1 is 0.950 bits per heavy atom. The van der Waals surface area contributed by atoms with Gasteiger partial charge in [-0.3, -0.25) is 0 Å². The van der Waals surface area contributed by atoms with E-state index in [1.54, 1.807) is 0 Å². The zero-order valence-corrected chi connectivity index (χ0v) is 13.4. The molecular formula is C17H27O2S+. The second kappa shape index (κ2) is 4.93. The van der Waals surface area contributed by atoms with E-state index in [-0.39, 0.29) is 21.8 Å². The lowest BCUT2D eigenvalue weighted by Crippen LogP contribution is -2.58. The van der Waals surface area contributed by atoms with Crippen LogP contribution < -0.4 is 0 Å². The van der Waals surface area contributed by atoms with E-state index in [0.717, 1.165) is 23.3 Å². The van der Waals surface area contributed by atoms with Crippen molar-refractivity contribution in [2.24, 2.45) is 23.7 Å². The Hall–Kier alpha value is -0.180. The maximum Gasteiger partial charge on any atom is 0.525 e. The highest BCUT2D eigenvalue weighted by Crippen LogP contribution is 2.59. The summed E-state index contributed by atoms with van der Waals surface area (Å²) in [6, 6.07) is 0. The monoisotopic (exact) mass is 295 g/mol. The SMILES string of the molecule is CC1(OC(=O)[S+]2CCCCC2)C2CC3CC(C2)CC1C3. The Bertz CT molecular complexity index is 372. The van der Waals surface area contributed by atoms with Crippen molar-refractivity contribution >= 4 is 16.2 Å². The van der Waals surface area contributed by atoms with Gasteiger partial charge in [0, 0.05) is 0 Å². The van der Waals surface area contributed by atoms with Crippen LogP contribution in [0.5, 0.6) is 0 Å². The standard InChI is InChI=1S/C17H27O2S/c1-17(19-16(18)20-5-3-2-4-6-20)14-8-12-7-13(10-14)11-15(17)9-12/h12-15H,2-11H2,1H3/q+1. The molecule has 0 amide bonds. The van der Waals surface area contributed by atoms with Crippen molar-refractivity contribution in [2.75, 3.05) is 11.5 Å². The van der Waals surface area contributed by atoms with Gasteiger partial charge in [0.1, 0.15) is 28.0 Å². The molecule has 0 radical (unpaired) electrons. The smallest absolute Gasteiger partial charge is 0.419 e. The Morgan fingerprint density at radius 2 is 1.50 bits per heavy atom. The summed E-state index contributed by atoms with van der Waals surface area (Å²) in [6.07, 6.45) is 10.5. The number of hydrogen-bond acceptors (Lipinski definition) is 2. The molecule has 20 heavy (non-hydrogen) atoms. The summed E-state index contributed by atoms with van der Waals surface area (Å²) in [5.74, 6) is 5.40. The molecular weight excluding hydrogens is 268 g/mol. The van der Waals surface area contributed by atoms with Crippen LogP contribution in [0.15, 0.2) is 0 Å². The predicted molar refractivity (Wildman–Crippen MR) is 82.9 cm³/mol. The highest BCUT2D eigenvalue weighted by Gasteiger charge is 2.58. The van der Waals surface area contributed by atoms with Gasteiger partial charge in [-0.05, 0) is 82.0 Å². The molecule has 3 heteroatoms. The highest BCUT2D eigenvalue weighted by molar-refractivity contribution is 8.10. The topological polar surface area (TPSA) is 26.3 Å². The number of ether oxygens (including phenoxy) is 1. The molecule has 5 aliphatic rings. The van der Waals surface area contributed by atoms with Gasteiger partial charge in [-0.1, -0.05) is 0 Å². The largest absolute Gasteiger partial charge is 0.525 e. The van der Waals surface area contributed by atoms with E-state index >= 15 is 0 Å². The summed E-state index contributed by atoms with van der Waals surface area (Å²) >= 11 is 0. The number of hydrogen-bond donors (Lipinski definition) is 0. The van der Waals surface area contributed by atoms with E-state index < -0.39 is 0 Å². The molecule has 1 saturated heterocycles. The quantitative estimate of drug-likeness (QED) is 0.537. The first-order chi connectivity index (χ1) is 9.65. The molecule has 4 bridgehead atoms. The average molecular weight is 295 g/mol. The fourth-order valence-electron chi connectivity index (χ4n) is 5.52. The Balaban J connectivity index is 1.48. The van der Waals surface area contributed by atoms with Crippen LogP contribution >= 0.6 is 0 Å². The third-order valence-corrected chi connectivity index (χ3v) is 8.70. The van der Waals surface area contributed by atoms with Crippen molar-refractivity contribution in [3.05, 3.63) is 0 Å². The molecule has 0 aromatic carbocycles. The zero-order valence-electron chi connectivity index (χ0n) is 12.6. The first-order valence-electron chi connectivity index (χ1n) is 8.55. The minimum atomic E-state index is -0.116. The van der Waals surface area contributed by atoms with Crippen LogP contribution in [0.2, 0.25) is 0 Å². The van der Waals surface area contributed by atoms with Gasteiger partial charge in [-0.25, -0.2) is 0 Å². The van der Waals surface area contributed by atoms with E-state index in [9.17, 15) is 4.79 Å². The van der Waals surface area contributed by atoms with Crippen LogP contribution in [-0.2, 0) is 15.6 Å². The Morgan fingerprint density at radius 3 is 2.05 bits per heavy atom. The lowest BCUT2D eigenvalue weighted by molar-refractivity contribution is -0.157. The predicted octanol–water partition coefficient (Wildman–Crippen LogP) is 4.14. The van der Waals surface area contributed by atoms with Crippen molar-refractivity contribution in [3.63, 3.8) is 0 Å². The third-order valence-electron chi connectivity index (χ3n) is 6.58. The van der Waals surface area contributed by atoms with E-state index in [0.29, 0.717) is 11.8 Å². The van der Waals surface area contributed by atoms with Gasteiger partial charge >= 0.3 is 5.30 Å². The van der Waals surface area contributed by atoms with Crippen LogP contribution in [0.3, 0.4) is 0 Å². The normalized spacial score (nSPS) is 47.5. The van der Waals surface area contributed by atoms with Gasteiger partial charge in [-0.15, -0.1) is 0 Å². The molecule has 2 nitrogen and oxygen atoms in total. The van der Waals surface area contributed by atoms with Gasteiger partial charge in [0.15, 0.2) is 0 Å². The first-order valence-corrected chi connectivity index (χ1v) is 10.1. The third kappa shape index (κ3) is 2.12. The van der Waals surface area contributed by atoms with E-state index in [2.05, 4.69) is 6.92 Å². The fraction of sp³-hybridized carbons (Fsp3) is 0.941. The molecule has 0 unspecified atom stereocenters. The summed E-state index contributed by atoms with van der Waals surface area (Å²) in [6.45, 7) is 2.27. The van der Waals surface area contributed by atoms with Gasteiger partial charge in [-0.2, -0.15) is 4.79 Å². The molecule has 4 aliphatic carbocycles. The Kier molecular flexibility index (Phi) is 3.32. The van der Waals surface area contributed by atoms with Gasteiger partial charge < -0.3 is 4.74 Å². The zero-order chi connectivity index (χ0) is 13.7. The summed E-state index contributed by atoms with van der Waals surface area (Å²) in [4.78, 5) is 12.6. The molecule has 0 atom stereocenters. The number of carbonyl (C=O) groups excluding carboxylic acids is 1. The number of rotatable bonds is 1. The van der Waals surface area contributed by atoms with Crippen molar-refractivity contribution in [1.82, 2.24) is 0 Å². The molecule has 0 aromatic rings. The molecule has 0 N–H and O–H groups in total. The molecule has 112 valence electrons. The molecule has 0 aromatic heterocycles. The molecule has 5 rings (SSSR count). The van der Waals surface area contributed by atoms with Crippen LogP contribution in [0.4, 0.5) is 4.79 Å². The van der Waals surface area contributed by atoms with Crippen LogP contribution in [0, 0.1) is 23.7 Å². The second-order valence-electron chi connectivity index (χ2n) is 7.80. The lowest BCUT2D eigenvalue weighted by Gasteiger charge is -2.58. The van der Waals surface area contributed by atoms with Crippen molar-refractivity contribution in [3.8, 4) is 0 Å². The van der Waals surface area contributed by atoms with Crippen molar-refractivity contribution in [2.45, 2.75) is 63.9 Å². The highest BCUT2D eigenvalue weighted by atomic mass is 32.2. The maximum absolute atomic E-state index is 12.6. The minimum Gasteiger partial charge on any atom is -0.419 e. The lowest BCUT2D eigenvalue weighted by atomic mass is 9.50. The Labute approximate surface area is 125 Å². The van der Waals surface area contributed by atoms with E-state index in [1.807, 2.05) is 0 Å². The maximum atomic E-state index is 12.6. The summed E-state index contributed by atoms with van der Waals surface area (Å²) in [7, 11) is -0.0834. The summed E-state index contributed by atoms with van der Waals surface area (Å²) in [5, 5.41) is 0.166. The minimum absolute atomic E-state index is 0.0834. The fourth-order valence-corrected chi connectivity index (χ4v) is 7.46. The van der Waals surface area contributed by atoms with E-state index in [4.69, 9.17) is 4.74 Å². The molecule has 5 fully saturated rings. The molecule has 1 aliphatic heterocycles. The average Bonchev–Trinajstić information content (AvgIpc) is 2.45. The summed E-state index contributed by atoms with van der Waals surface area (Å²) < 4.78 is 6.23. The van der Waals surface area contributed by atoms with Gasteiger partial charge in [0.05, 0.1) is 0 Å². The van der Waals surface area contributed by atoms with Crippen LogP contribution in [0.25, 0.3) is 0 Å². The van der Waals surface area contributed by atoms with Crippen molar-refractivity contribution < 1.29 is 9.53 Å². The summed E-state index contributed by atoms with van der Waals surface area (Å²) in [5.41, 5.74) is -0.116. The van der Waals surface area contributed by atoms with Crippen LogP contribution in [0.1, 0.15) is 58.3 Å². The first kappa shape index (κ1) is 13.5. The molecule has 1 heterocycles. The van der Waals surface area contributed by atoms with E-state index in [1.165, 1.54) is 51.4 Å². The van der Waals surface area contributed by atoms with Gasteiger partial charge in [0.2, 0.25) is 0 Å². The number of carbonyl (C=O) groups is 1. The van der Waals surface area contributed by atoms with Gasteiger partial charge in [0.25, 0.3) is 0 Å². The molecule has 0 spiro atoms. The molecule has 4 saturated carbocycles. The van der Waals surface area contributed by atoms with Crippen LogP contribution in [-0.4, -0.2) is 22.4 Å². The second-order valence-corrected chi connectivity index (χ2v) is 9.94. The van der Waals surface area contributed by atoms with Crippen molar-refractivity contribution in [1.29, 1.82) is 0 Å².